The van der Waals surface area contributed by atoms with Crippen molar-refractivity contribution in [2.24, 2.45) is 23.7 Å². The number of methoxy groups -OCH3 is 2. The lowest BCUT2D eigenvalue weighted by atomic mass is 9.75. The zero-order valence-electron chi connectivity index (χ0n) is 10.1. The van der Waals surface area contributed by atoms with Gasteiger partial charge in [0.2, 0.25) is 0 Å². The Morgan fingerprint density at radius 3 is 2.50 bits per heavy atom. The van der Waals surface area contributed by atoms with E-state index in [4.69, 9.17) is 9.47 Å². The van der Waals surface area contributed by atoms with Gasteiger partial charge in [-0.05, 0) is 38.0 Å². The molecule has 0 aromatic rings. The van der Waals surface area contributed by atoms with Crippen molar-refractivity contribution in [3.8, 4) is 0 Å². The second-order valence-corrected chi connectivity index (χ2v) is 5.17. The molecule has 0 amide bonds. The molecule has 2 rings (SSSR count). The third-order valence-electron chi connectivity index (χ3n) is 4.42. The van der Waals surface area contributed by atoms with E-state index < -0.39 is 5.79 Å². The van der Waals surface area contributed by atoms with Crippen LogP contribution in [0.15, 0.2) is 0 Å². The van der Waals surface area contributed by atoms with Crippen molar-refractivity contribution in [2.45, 2.75) is 32.0 Å². The fourth-order valence-corrected chi connectivity index (χ4v) is 3.67. The molecule has 92 valence electrons. The van der Waals surface area contributed by atoms with Crippen molar-refractivity contribution in [1.29, 1.82) is 0 Å². The van der Waals surface area contributed by atoms with E-state index in [9.17, 15) is 9.90 Å². The fraction of sp³-hybridized carbons (Fsp3) is 0.917. The van der Waals surface area contributed by atoms with E-state index in [0.29, 0.717) is 11.8 Å². The summed E-state index contributed by atoms with van der Waals surface area (Å²) >= 11 is 0. The van der Waals surface area contributed by atoms with Crippen molar-refractivity contribution in [3.05, 3.63) is 0 Å². The molecule has 0 aliphatic heterocycles. The van der Waals surface area contributed by atoms with E-state index in [1.165, 1.54) is 14.2 Å². The van der Waals surface area contributed by atoms with Gasteiger partial charge >= 0.3 is 5.97 Å². The summed E-state index contributed by atoms with van der Waals surface area (Å²) < 4.78 is 10.00. The number of hydrogen-bond acceptors (Lipinski definition) is 4. The van der Waals surface area contributed by atoms with Crippen LogP contribution in [0.2, 0.25) is 0 Å². The van der Waals surface area contributed by atoms with Crippen LogP contribution in [0.5, 0.6) is 0 Å². The molecule has 2 bridgehead atoms. The van der Waals surface area contributed by atoms with Crippen LogP contribution in [0.25, 0.3) is 0 Å². The van der Waals surface area contributed by atoms with Gasteiger partial charge < -0.3 is 14.6 Å². The highest BCUT2D eigenvalue weighted by Gasteiger charge is 2.57. The van der Waals surface area contributed by atoms with Crippen molar-refractivity contribution < 1.29 is 19.4 Å². The first-order valence-corrected chi connectivity index (χ1v) is 5.86. The van der Waals surface area contributed by atoms with Crippen molar-refractivity contribution in [3.63, 3.8) is 0 Å². The summed E-state index contributed by atoms with van der Waals surface area (Å²) in [7, 11) is 2.90. The Labute approximate surface area is 95.9 Å². The maximum atomic E-state index is 11.8. The first kappa shape index (κ1) is 11.9. The number of esters is 1. The average Bonchev–Trinajstić information content (AvgIpc) is 2.87. The van der Waals surface area contributed by atoms with E-state index in [1.807, 2.05) is 0 Å². The fourth-order valence-electron chi connectivity index (χ4n) is 3.67. The molecular formula is C12H20O4. The van der Waals surface area contributed by atoms with Crippen molar-refractivity contribution >= 4 is 5.97 Å². The Balaban J connectivity index is 2.24. The molecule has 0 aromatic carbocycles. The minimum Gasteiger partial charge on any atom is -0.469 e. The van der Waals surface area contributed by atoms with Crippen molar-refractivity contribution in [1.82, 2.24) is 0 Å². The molecule has 1 N–H and O–H groups in total. The lowest BCUT2D eigenvalue weighted by Gasteiger charge is -2.38. The van der Waals surface area contributed by atoms with Gasteiger partial charge in [0.05, 0.1) is 13.0 Å². The van der Waals surface area contributed by atoms with Gasteiger partial charge in [-0.2, -0.15) is 0 Å². The second kappa shape index (κ2) is 4.00. The van der Waals surface area contributed by atoms with Crippen LogP contribution in [-0.2, 0) is 14.3 Å². The highest BCUT2D eigenvalue weighted by molar-refractivity contribution is 5.74. The SMILES string of the molecule is COC(=O)C1C2CCC(C2)C1C(C)(O)OC. The molecule has 16 heavy (non-hydrogen) atoms. The summed E-state index contributed by atoms with van der Waals surface area (Å²) in [5.41, 5.74) is 0. The molecule has 5 unspecified atom stereocenters. The Morgan fingerprint density at radius 2 is 1.94 bits per heavy atom. The number of carbonyl (C=O) groups excluding carboxylic acids is 1. The minimum absolute atomic E-state index is 0.122. The Kier molecular flexibility index (Phi) is 2.97. The molecule has 0 saturated heterocycles. The molecule has 0 aromatic heterocycles. The second-order valence-electron chi connectivity index (χ2n) is 5.17. The number of fused-ring (bicyclic) bond motifs is 2. The van der Waals surface area contributed by atoms with Gasteiger partial charge in [0.1, 0.15) is 0 Å². The summed E-state index contributed by atoms with van der Waals surface area (Å²) in [4.78, 5) is 11.8. The molecule has 4 heteroatoms. The molecule has 2 aliphatic carbocycles. The number of carbonyl (C=O) groups is 1. The minimum atomic E-state index is -1.22. The highest BCUT2D eigenvalue weighted by atomic mass is 16.6. The molecule has 2 saturated carbocycles. The zero-order chi connectivity index (χ0) is 11.9. The van der Waals surface area contributed by atoms with E-state index in [1.54, 1.807) is 6.92 Å². The summed E-state index contributed by atoms with van der Waals surface area (Å²) in [6.07, 6.45) is 3.17. The zero-order valence-corrected chi connectivity index (χ0v) is 10.1. The molecule has 0 heterocycles. The first-order valence-electron chi connectivity index (χ1n) is 5.86. The lowest BCUT2D eigenvalue weighted by molar-refractivity contribution is -0.230. The van der Waals surface area contributed by atoms with Gasteiger partial charge in [-0.25, -0.2) is 0 Å². The van der Waals surface area contributed by atoms with Gasteiger partial charge in [-0.15, -0.1) is 0 Å². The van der Waals surface area contributed by atoms with Gasteiger partial charge in [0.25, 0.3) is 0 Å². The molecular weight excluding hydrogens is 208 g/mol. The summed E-state index contributed by atoms with van der Waals surface area (Å²) in [5, 5.41) is 10.2. The standard InChI is InChI=1S/C12H20O4/c1-12(14,16-3)10-8-5-4-7(6-8)9(10)11(13)15-2/h7-10,14H,4-6H2,1-3H3. The van der Waals surface area contributed by atoms with Gasteiger partial charge in [-0.1, -0.05) is 0 Å². The molecule has 0 spiro atoms. The average molecular weight is 228 g/mol. The first-order chi connectivity index (χ1) is 7.51. The van der Waals surface area contributed by atoms with Crippen LogP contribution in [-0.4, -0.2) is 31.1 Å². The smallest absolute Gasteiger partial charge is 0.309 e. The largest absolute Gasteiger partial charge is 0.469 e. The third-order valence-corrected chi connectivity index (χ3v) is 4.42. The van der Waals surface area contributed by atoms with E-state index in [2.05, 4.69) is 0 Å². The molecule has 2 aliphatic rings. The number of aliphatic hydroxyl groups is 1. The van der Waals surface area contributed by atoms with E-state index in [-0.39, 0.29) is 17.8 Å². The summed E-state index contributed by atoms with van der Waals surface area (Å²) in [6, 6.07) is 0. The van der Waals surface area contributed by atoms with Crippen LogP contribution in [0.4, 0.5) is 0 Å². The molecule has 0 radical (unpaired) electrons. The molecule has 4 nitrogen and oxygen atoms in total. The highest BCUT2D eigenvalue weighted by Crippen LogP contribution is 2.56. The topological polar surface area (TPSA) is 55.8 Å². The van der Waals surface area contributed by atoms with E-state index in [0.717, 1.165) is 19.3 Å². The van der Waals surface area contributed by atoms with Gasteiger partial charge in [0.15, 0.2) is 5.79 Å². The number of ether oxygens (including phenoxy) is 2. The van der Waals surface area contributed by atoms with Crippen LogP contribution < -0.4 is 0 Å². The Hall–Kier alpha value is -0.610. The lowest BCUT2D eigenvalue weighted by Crippen LogP contribution is -2.46. The Bertz CT molecular complexity index is 287. The van der Waals surface area contributed by atoms with Crippen LogP contribution in [0, 0.1) is 23.7 Å². The predicted octanol–water partition coefficient (Wildman–Crippen LogP) is 1.18. The maximum absolute atomic E-state index is 11.8. The summed E-state index contributed by atoms with van der Waals surface area (Å²) in [5.74, 6) is -0.983. The van der Waals surface area contributed by atoms with Crippen LogP contribution in [0.1, 0.15) is 26.2 Å². The quantitative estimate of drug-likeness (QED) is 0.582. The third kappa shape index (κ3) is 1.64. The molecule has 2 fully saturated rings. The number of rotatable bonds is 3. The Morgan fingerprint density at radius 1 is 1.31 bits per heavy atom. The monoisotopic (exact) mass is 228 g/mol. The summed E-state index contributed by atoms with van der Waals surface area (Å²) in [6.45, 7) is 1.65. The maximum Gasteiger partial charge on any atom is 0.309 e. The van der Waals surface area contributed by atoms with Gasteiger partial charge in [0, 0.05) is 13.0 Å². The van der Waals surface area contributed by atoms with Crippen LogP contribution >= 0.6 is 0 Å². The van der Waals surface area contributed by atoms with Gasteiger partial charge in [-0.3, -0.25) is 4.79 Å². The number of hydrogen-bond donors (Lipinski definition) is 1. The molecule has 5 atom stereocenters. The normalized spacial score (nSPS) is 40.8. The van der Waals surface area contributed by atoms with Crippen molar-refractivity contribution in [2.75, 3.05) is 14.2 Å². The van der Waals surface area contributed by atoms with Crippen LogP contribution in [0.3, 0.4) is 0 Å². The predicted molar refractivity (Wildman–Crippen MR) is 57.5 cm³/mol. The van der Waals surface area contributed by atoms with E-state index >= 15 is 0 Å².